The maximum Gasteiger partial charge on any atom is 0.147 e. The van der Waals surface area contributed by atoms with E-state index in [9.17, 15) is 4.39 Å². The van der Waals surface area contributed by atoms with Gasteiger partial charge in [0.05, 0.1) is 29.0 Å². The third-order valence-corrected chi connectivity index (χ3v) is 4.65. The third kappa shape index (κ3) is 3.13. The predicted molar refractivity (Wildman–Crippen MR) is 96.1 cm³/mol. The molecule has 1 aromatic heterocycles. The van der Waals surface area contributed by atoms with Crippen LogP contribution in [0.2, 0.25) is 0 Å². The molecule has 5 nitrogen and oxygen atoms in total. The van der Waals surface area contributed by atoms with E-state index in [2.05, 4.69) is 21.6 Å². The van der Waals surface area contributed by atoms with Gasteiger partial charge < -0.3 is 10.2 Å². The minimum absolute atomic E-state index is 0.244. The van der Waals surface area contributed by atoms with Crippen LogP contribution >= 0.6 is 0 Å². The second kappa shape index (κ2) is 6.44. The molecule has 1 saturated heterocycles. The Balaban J connectivity index is 1.50. The molecule has 0 spiro atoms. The van der Waals surface area contributed by atoms with E-state index in [0.29, 0.717) is 11.3 Å². The normalized spacial score (nSPS) is 17.4. The summed E-state index contributed by atoms with van der Waals surface area (Å²) in [5.41, 5.74) is 2.97. The Morgan fingerprint density at radius 1 is 1.28 bits per heavy atom. The fraction of sp³-hybridized carbons (Fsp3) is 0.263. The van der Waals surface area contributed by atoms with Gasteiger partial charge in [-0.25, -0.2) is 4.39 Å². The Labute approximate surface area is 145 Å². The lowest BCUT2D eigenvalue weighted by Crippen LogP contribution is -2.42. The van der Waals surface area contributed by atoms with Crippen LogP contribution in [0.25, 0.3) is 10.9 Å². The van der Waals surface area contributed by atoms with Crippen molar-refractivity contribution < 1.29 is 4.39 Å². The number of aromatic nitrogens is 2. The van der Waals surface area contributed by atoms with Crippen LogP contribution in [0.3, 0.4) is 0 Å². The molecule has 0 bridgehead atoms. The zero-order valence-electron chi connectivity index (χ0n) is 13.7. The topological polar surface area (TPSA) is 67.7 Å². The highest BCUT2D eigenvalue weighted by atomic mass is 19.1. The molecular formula is C19H18FN5. The lowest BCUT2D eigenvalue weighted by atomic mass is 10.0. The number of nitriles is 1. The number of H-pyrrole nitrogens is 1. The standard InChI is InChI=1S/C19H18FN5/c20-17-8-13(10-21)3-6-19(17)25-7-1-2-16(12-25)23-15-4-5-18-14(9-15)11-22-24-18/h3-6,8-9,11,16,23H,1-2,7,12H2,(H,22,24). The van der Waals surface area contributed by atoms with Gasteiger partial charge in [-0.2, -0.15) is 10.4 Å². The van der Waals surface area contributed by atoms with E-state index in [1.165, 1.54) is 6.07 Å². The van der Waals surface area contributed by atoms with Gasteiger partial charge in [-0.05, 0) is 49.2 Å². The smallest absolute Gasteiger partial charge is 0.147 e. The van der Waals surface area contributed by atoms with E-state index < -0.39 is 0 Å². The molecule has 126 valence electrons. The lowest BCUT2D eigenvalue weighted by Gasteiger charge is -2.35. The Kier molecular flexibility index (Phi) is 3.98. The predicted octanol–water partition coefficient (Wildman–Crippen LogP) is 3.65. The molecule has 0 radical (unpaired) electrons. The molecule has 6 heteroatoms. The zero-order chi connectivity index (χ0) is 17.2. The van der Waals surface area contributed by atoms with E-state index >= 15 is 0 Å². The molecule has 1 aliphatic rings. The maximum absolute atomic E-state index is 14.3. The van der Waals surface area contributed by atoms with E-state index in [1.807, 2.05) is 23.1 Å². The van der Waals surface area contributed by atoms with Crippen LogP contribution in [0.1, 0.15) is 18.4 Å². The first-order chi connectivity index (χ1) is 12.2. The number of nitrogens with zero attached hydrogens (tertiary/aromatic N) is 3. The average Bonchev–Trinajstić information content (AvgIpc) is 3.09. The first-order valence-corrected chi connectivity index (χ1v) is 8.37. The van der Waals surface area contributed by atoms with Gasteiger partial charge in [0.25, 0.3) is 0 Å². The monoisotopic (exact) mass is 335 g/mol. The molecule has 2 N–H and O–H groups in total. The van der Waals surface area contributed by atoms with Crippen LogP contribution in [-0.4, -0.2) is 29.3 Å². The van der Waals surface area contributed by atoms with Crippen molar-refractivity contribution in [1.82, 2.24) is 10.2 Å². The summed E-state index contributed by atoms with van der Waals surface area (Å²) in [7, 11) is 0. The fourth-order valence-electron chi connectivity index (χ4n) is 3.41. The highest BCUT2D eigenvalue weighted by Gasteiger charge is 2.22. The number of halogens is 1. The molecule has 0 aliphatic carbocycles. The number of fused-ring (bicyclic) bond motifs is 1. The van der Waals surface area contributed by atoms with E-state index in [1.54, 1.807) is 18.3 Å². The summed E-state index contributed by atoms with van der Waals surface area (Å²) in [5.74, 6) is -0.334. The Bertz CT molecular complexity index is 942. The number of aromatic amines is 1. The molecular weight excluding hydrogens is 317 g/mol. The number of nitrogens with one attached hydrogen (secondary N) is 2. The van der Waals surface area contributed by atoms with Crippen molar-refractivity contribution in [2.24, 2.45) is 0 Å². The highest BCUT2D eigenvalue weighted by Crippen LogP contribution is 2.26. The summed E-state index contributed by atoms with van der Waals surface area (Å²) < 4.78 is 14.3. The van der Waals surface area contributed by atoms with Crippen LogP contribution in [0, 0.1) is 17.1 Å². The number of anilines is 2. The SMILES string of the molecule is N#Cc1ccc(N2CCCC(Nc3ccc4[nH]ncc4c3)C2)c(F)c1. The van der Waals surface area contributed by atoms with Crippen molar-refractivity contribution in [3.63, 3.8) is 0 Å². The van der Waals surface area contributed by atoms with Crippen LogP contribution < -0.4 is 10.2 Å². The molecule has 1 fully saturated rings. The second-order valence-corrected chi connectivity index (χ2v) is 6.38. The number of hydrogen-bond donors (Lipinski definition) is 2. The molecule has 1 aliphatic heterocycles. The van der Waals surface area contributed by atoms with E-state index in [0.717, 1.165) is 42.5 Å². The molecule has 2 aromatic carbocycles. The highest BCUT2D eigenvalue weighted by molar-refractivity contribution is 5.81. The van der Waals surface area contributed by atoms with Crippen LogP contribution in [0.15, 0.2) is 42.6 Å². The molecule has 1 unspecified atom stereocenters. The molecule has 3 aromatic rings. The van der Waals surface area contributed by atoms with Crippen molar-refractivity contribution in [2.75, 3.05) is 23.3 Å². The molecule has 4 rings (SSSR count). The zero-order valence-corrected chi connectivity index (χ0v) is 13.7. The Hall–Kier alpha value is -3.07. The quantitative estimate of drug-likeness (QED) is 0.766. The fourth-order valence-corrected chi connectivity index (χ4v) is 3.41. The molecule has 0 amide bonds. The Morgan fingerprint density at radius 3 is 3.04 bits per heavy atom. The van der Waals surface area contributed by atoms with Crippen molar-refractivity contribution in [1.29, 1.82) is 5.26 Å². The second-order valence-electron chi connectivity index (χ2n) is 6.38. The average molecular weight is 335 g/mol. The minimum Gasteiger partial charge on any atom is -0.381 e. The van der Waals surface area contributed by atoms with Gasteiger partial charge in [0.1, 0.15) is 5.82 Å². The van der Waals surface area contributed by atoms with E-state index in [4.69, 9.17) is 5.26 Å². The van der Waals surface area contributed by atoms with E-state index in [-0.39, 0.29) is 11.9 Å². The first-order valence-electron chi connectivity index (χ1n) is 8.37. The summed E-state index contributed by atoms with van der Waals surface area (Å²) in [6.45, 7) is 1.55. The minimum atomic E-state index is -0.334. The van der Waals surface area contributed by atoms with Gasteiger partial charge in [-0.15, -0.1) is 0 Å². The van der Waals surface area contributed by atoms with Gasteiger partial charge in [0, 0.05) is 30.2 Å². The van der Waals surface area contributed by atoms with Gasteiger partial charge in [0.2, 0.25) is 0 Å². The summed E-state index contributed by atoms with van der Waals surface area (Å²) in [4.78, 5) is 2.05. The maximum atomic E-state index is 14.3. The van der Waals surface area contributed by atoms with Gasteiger partial charge in [-0.1, -0.05) is 0 Å². The van der Waals surface area contributed by atoms with Crippen molar-refractivity contribution in [2.45, 2.75) is 18.9 Å². The number of hydrogen-bond acceptors (Lipinski definition) is 4. The van der Waals surface area contributed by atoms with Gasteiger partial charge in [-0.3, -0.25) is 5.10 Å². The summed E-state index contributed by atoms with van der Waals surface area (Å²) in [6.07, 6.45) is 3.84. The largest absolute Gasteiger partial charge is 0.381 e. The summed E-state index contributed by atoms with van der Waals surface area (Å²) in [6, 6.07) is 13.0. The first kappa shape index (κ1) is 15.5. The number of piperidine rings is 1. The Morgan fingerprint density at radius 2 is 2.20 bits per heavy atom. The summed E-state index contributed by atoms with van der Waals surface area (Å²) >= 11 is 0. The molecule has 2 heterocycles. The molecule has 25 heavy (non-hydrogen) atoms. The number of benzene rings is 2. The number of rotatable bonds is 3. The third-order valence-electron chi connectivity index (χ3n) is 4.65. The van der Waals surface area contributed by atoms with Crippen molar-refractivity contribution in [3.05, 3.63) is 54.0 Å². The molecule has 0 saturated carbocycles. The molecule has 1 atom stereocenters. The van der Waals surface area contributed by atoms with Gasteiger partial charge in [0.15, 0.2) is 0 Å². The van der Waals surface area contributed by atoms with Crippen molar-refractivity contribution in [3.8, 4) is 6.07 Å². The summed E-state index contributed by atoms with van der Waals surface area (Å²) in [5, 5.41) is 20.5. The van der Waals surface area contributed by atoms with Crippen LogP contribution in [0.5, 0.6) is 0 Å². The lowest BCUT2D eigenvalue weighted by molar-refractivity contribution is 0.519. The van der Waals surface area contributed by atoms with Crippen molar-refractivity contribution >= 4 is 22.3 Å². The van der Waals surface area contributed by atoms with Crippen LogP contribution in [-0.2, 0) is 0 Å². The van der Waals surface area contributed by atoms with Crippen LogP contribution in [0.4, 0.5) is 15.8 Å². The van der Waals surface area contributed by atoms with Gasteiger partial charge >= 0.3 is 0 Å².